The molecule has 1 fully saturated rings. The molecule has 11 heteroatoms. The SMILES string of the molecule is CC[C@@H]1C[C@H](OP(C)OCCC#N)[C@H](n2cnc3c(NC(=O)c4ccccc4)ncnc32)O1. The number of imidazole rings is 1. The summed E-state index contributed by atoms with van der Waals surface area (Å²) in [7, 11) is -1.17. The summed E-state index contributed by atoms with van der Waals surface area (Å²) in [5.41, 5.74) is 1.53. The fraction of sp³-hybridized carbons (Fsp3) is 0.409. The number of carbonyl (C=O) groups is 1. The van der Waals surface area contributed by atoms with E-state index in [1.54, 1.807) is 30.6 Å². The Morgan fingerprint density at radius 1 is 1.33 bits per heavy atom. The van der Waals surface area contributed by atoms with Crippen LogP contribution < -0.4 is 5.32 Å². The highest BCUT2D eigenvalue weighted by Crippen LogP contribution is 2.44. The number of anilines is 1. The number of fused-ring (bicyclic) bond motifs is 1. The molecule has 0 saturated carbocycles. The minimum atomic E-state index is -1.17. The quantitative estimate of drug-likeness (QED) is 0.369. The summed E-state index contributed by atoms with van der Waals surface area (Å²) in [5, 5.41) is 11.5. The molecule has 0 spiro atoms. The third-order valence-corrected chi connectivity index (χ3v) is 6.39. The molecule has 1 aromatic carbocycles. The first-order valence-corrected chi connectivity index (χ1v) is 12.3. The van der Waals surface area contributed by atoms with Gasteiger partial charge in [0, 0.05) is 18.6 Å². The molecule has 3 heterocycles. The first kappa shape index (κ1) is 23.2. The number of nitrogens with one attached hydrogen (secondary N) is 1. The highest BCUT2D eigenvalue weighted by Gasteiger charge is 2.39. The lowest BCUT2D eigenvalue weighted by Crippen LogP contribution is -2.21. The molecule has 1 N–H and O–H groups in total. The molecule has 1 saturated heterocycles. The second kappa shape index (κ2) is 10.8. The zero-order valence-electron chi connectivity index (χ0n) is 18.4. The molecule has 1 aliphatic heterocycles. The summed E-state index contributed by atoms with van der Waals surface area (Å²) >= 11 is 0. The van der Waals surface area contributed by atoms with Gasteiger partial charge in [-0.2, -0.15) is 5.26 Å². The summed E-state index contributed by atoms with van der Waals surface area (Å²) in [6.45, 7) is 4.27. The Kier molecular flexibility index (Phi) is 7.57. The van der Waals surface area contributed by atoms with Crippen molar-refractivity contribution in [2.24, 2.45) is 0 Å². The van der Waals surface area contributed by atoms with E-state index in [9.17, 15) is 4.79 Å². The molecule has 0 radical (unpaired) electrons. The highest BCUT2D eigenvalue weighted by molar-refractivity contribution is 7.46. The molecule has 10 nitrogen and oxygen atoms in total. The maximum absolute atomic E-state index is 12.6. The minimum absolute atomic E-state index is 0.0269. The van der Waals surface area contributed by atoms with E-state index in [0.29, 0.717) is 42.0 Å². The maximum atomic E-state index is 12.6. The van der Waals surface area contributed by atoms with E-state index < -0.39 is 14.6 Å². The molecular weight excluding hydrogens is 443 g/mol. The number of rotatable bonds is 9. The molecule has 1 unspecified atom stereocenters. The molecule has 4 rings (SSSR count). The van der Waals surface area contributed by atoms with Crippen molar-refractivity contribution in [2.75, 3.05) is 18.6 Å². The van der Waals surface area contributed by atoms with Crippen LogP contribution in [0.15, 0.2) is 43.0 Å². The van der Waals surface area contributed by atoms with Crippen LogP contribution in [0, 0.1) is 11.3 Å². The van der Waals surface area contributed by atoms with Crippen molar-refractivity contribution < 1.29 is 18.6 Å². The molecule has 3 aromatic rings. The van der Waals surface area contributed by atoms with Crippen LogP contribution in [-0.4, -0.2) is 50.9 Å². The van der Waals surface area contributed by atoms with E-state index in [4.69, 9.17) is 19.0 Å². The molecule has 4 atom stereocenters. The first-order valence-electron chi connectivity index (χ1n) is 10.7. The fourth-order valence-electron chi connectivity index (χ4n) is 3.66. The van der Waals surface area contributed by atoms with E-state index in [1.165, 1.54) is 6.33 Å². The van der Waals surface area contributed by atoms with E-state index in [1.807, 2.05) is 17.3 Å². The third-order valence-electron chi connectivity index (χ3n) is 5.27. The molecule has 0 bridgehead atoms. The van der Waals surface area contributed by atoms with Gasteiger partial charge in [0.15, 0.2) is 31.6 Å². The summed E-state index contributed by atoms with van der Waals surface area (Å²) in [4.78, 5) is 25.7. The van der Waals surface area contributed by atoms with Crippen molar-refractivity contribution in [3.63, 3.8) is 0 Å². The molecule has 1 aliphatic rings. The van der Waals surface area contributed by atoms with E-state index in [0.717, 1.165) is 6.42 Å². The number of hydrogen-bond acceptors (Lipinski definition) is 8. The average Bonchev–Trinajstić information content (AvgIpc) is 3.44. The lowest BCUT2D eigenvalue weighted by molar-refractivity contribution is -0.0293. The van der Waals surface area contributed by atoms with E-state index >= 15 is 0 Å². The van der Waals surface area contributed by atoms with Crippen LogP contribution in [0.1, 0.15) is 42.8 Å². The van der Waals surface area contributed by atoms with Crippen molar-refractivity contribution >= 4 is 31.3 Å². The molecule has 2 aromatic heterocycles. The van der Waals surface area contributed by atoms with Gasteiger partial charge >= 0.3 is 0 Å². The Hall–Kier alpha value is -2.96. The number of nitriles is 1. The minimum Gasteiger partial charge on any atom is -0.352 e. The number of nitrogens with zero attached hydrogens (tertiary/aromatic N) is 5. The highest BCUT2D eigenvalue weighted by atomic mass is 31.2. The van der Waals surface area contributed by atoms with E-state index in [-0.39, 0.29) is 18.1 Å². The molecular formula is C22H25N6O4P. The normalized spacial score (nSPS) is 21.1. The number of carbonyl (C=O) groups excluding carboxylic acids is 1. The zero-order chi connectivity index (χ0) is 23.2. The summed E-state index contributed by atoms with van der Waals surface area (Å²) < 4.78 is 19.9. The smallest absolute Gasteiger partial charge is 0.256 e. The number of ether oxygens (including phenoxy) is 1. The van der Waals surface area contributed by atoms with Crippen LogP contribution in [-0.2, 0) is 13.8 Å². The van der Waals surface area contributed by atoms with Gasteiger partial charge in [-0.15, -0.1) is 0 Å². The molecule has 172 valence electrons. The predicted octanol–water partition coefficient (Wildman–Crippen LogP) is 4.03. The van der Waals surface area contributed by atoms with Crippen molar-refractivity contribution in [3.05, 3.63) is 48.5 Å². The van der Waals surface area contributed by atoms with Crippen molar-refractivity contribution in [1.82, 2.24) is 19.5 Å². The third kappa shape index (κ3) is 5.34. The Bertz CT molecular complexity index is 1130. The number of benzene rings is 1. The van der Waals surface area contributed by atoms with Gasteiger partial charge in [-0.25, -0.2) is 15.0 Å². The van der Waals surface area contributed by atoms with Gasteiger partial charge in [-0.3, -0.25) is 9.36 Å². The Labute approximate surface area is 192 Å². The molecule has 33 heavy (non-hydrogen) atoms. The monoisotopic (exact) mass is 468 g/mol. The Morgan fingerprint density at radius 3 is 2.91 bits per heavy atom. The van der Waals surface area contributed by atoms with Crippen LogP contribution in [0.4, 0.5) is 5.82 Å². The lowest BCUT2D eigenvalue weighted by atomic mass is 10.1. The maximum Gasteiger partial charge on any atom is 0.256 e. The van der Waals surface area contributed by atoms with E-state index in [2.05, 4.69) is 33.3 Å². The van der Waals surface area contributed by atoms with Crippen LogP contribution in [0.3, 0.4) is 0 Å². The standard InChI is InChI=1S/C22H25N6O4P/c1-3-16-12-17(32-33(2)30-11-7-10-23)22(31-16)28-14-26-18-19(24-13-25-20(18)28)27-21(29)15-8-5-4-6-9-15/h4-6,8-9,13-14,16-17,22H,3,7,11-12H2,1-2H3,(H,24,25,27,29)/t16-,17+,22-,33?/m1/s1. The van der Waals surface area contributed by atoms with Gasteiger partial charge in [0.2, 0.25) is 0 Å². The van der Waals surface area contributed by atoms with Gasteiger partial charge in [-0.05, 0) is 18.6 Å². The largest absolute Gasteiger partial charge is 0.352 e. The van der Waals surface area contributed by atoms with Crippen LogP contribution in [0.5, 0.6) is 0 Å². The van der Waals surface area contributed by atoms with Gasteiger partial charge in [-0.1, -0.05) is 25.1 Å². The molecule has 0 aliphatic carbocycles. The topological polar surface area (TPSA) is 124 Å². The Balaban J connectivity index is 1.56. The lowest BCUT2D eigenvalue weighted by Gasteiger charge is -2.23. The predicted molar refractivity (Wildman–Crippen MR) is 122 cm³/mol. The van der Waals surface area contributed by atoms with Crippen molar-refractivity contribution in [3.8, 4) is 6.07 Å². The van der Waals surface area contributed by atoms with Crippen LogP contribution in [0.25, 0.3) is 11.2 Å². The zero-order valence-corrected chi connectivity index (χ0v) is 19.3. The van der Waals surface area contributed by atoms with Crippen molar-refractivity contribution in [1.29, 1.82) is 5.26 Å². The van der Waals surface area contributed by atoms with Gasteiger partial charge in [0.05, 0.1) is 31.5 Å². The van der Waals surface area contributed by atoms with Gasteiger partial charge in [0.1, 0.15) is 12.4 Å². The fourth-order valence-corrected chi connectivity index (χ4v) is 4.64. The number of aromatic nitrogens is 4. The average molecular weight is 468 g/mol. The Morgan fingerprint density at radius 2 is 2.15 bits per heavy atom. The van der Waals surface area contributed by atoms with Gasteiger partial charge < -0.3 is 19.1 Å². The van der Waals surface area contributed by atoms with Crippen LogP contribution in [0.2, 0.25) is 0 Å². The number of hydrogen-bond donors (Lipinski definition) is 1. The first-order chi connectivity index (χ1) is 16.1. The summed E-state index contributed by atoms with van der Waals surface area (Å²) in [6.07, 6.45) is 4.20. The van der Waals surface area contributed by atoms with Crippen LogP contribution >= 0.6 is 8.38 Å². The number of amides is 1. The molecule has 1 amide bonds. The summed E-state index contributed by atoms with van der Waals surface area (Å²) in [6, 6.07) is 11.0. The second-order valence-electron chi connectivity index (χ2n) is 7.48. The summed E-state index contributed by atoms with van der Waals surface area (Å²) in [5.74, 6) is 0.0494. The second-order valence-corrected chi connectivity index (χ2v) is 8.83. The van der Waals surface area contributed by atoms with Crippen molar-refractivity contribution in [2.45, 2.75) is 44.6 Å². The van der Waals surface area contributed by atoms with Gasteiger partial charge in [0.25, 0.3) is 5.91 Å².